The van der Waals surface area contributed by atoms with Gasteiger partial charge in [-0.3, -0.25) is 0 Å². The summed E-state index contributed by atoms with van der Waals surface area (Å²) in [4.78, 5) is 14.6. The first-order chi connectivity index (χ1) is 6.65. The Morgan fingerprint density at radius 2 is 2.50 bits per heavy atom. The summed E-state index contributed by atoms with van der Waals surface area (Å²) in [7, 11) is 0. The van der Waals surface area contributed by atoms with Crippen LogP contribution in [0.25, 0.3) is 0 Å². The molecule has 14 heavy (non-hydrogen) atoms. The number of hydrogen-bond donors (Lipinski definition) is 3. The molecule has 0 bridgehead atoms. The predicted octanol–water partition coefficient (Wildman–Crippen LogP) is 0.960. The molecule has 0 unspecified atom stereocenters. The topological polar surface area (TPSA) is 88.2 Å². The maximum Gasteiger partial charge on any atom is 0.339 e. The first-order valence-electron chi connectivity index (χ1n) is 3.98. The Morgan fingerprint density at radius 1 is 1.79 bits per heavy atom. The van der Waals surface area contributed by atoms with Gasteiger partial charge < -0.3 is 16.2 Å². The molecule has 1 heterocycles. The van der Waals surface area contributed by atoms with Crippen LogP contribution in [0.4, 0.5) is 11.5 Å². The molecule has 0 aliphatic rings. The van der Waals surface area contributed by atoms with Gasteiger partial charge in [-0.25, -0.2) is 9.78 Å². The van der Waals surface area contributed by atoms with E-state index >= 15 is 0 Å². The molecule has 0 aliphatic heterocycles. The van der Waals surface area contributed by atoms with Gasteiger partial charge in [-0.1, -0.05) is 6.08 Å². The minimum atomic E-state index is -1.06. The average Bonchev–Trinajstić information content (AvgIpc) is 2.15. The van der Waals surface area contributed by atoms with Crippen LogP contribution in [0.1, 0.15) is 10.4 Å². The number of aromatic carboxylic acids is 1. The van der Waals surface area contributed by atoms with Crippen molar-refractivity contribution in [2.75, 3.05) is 17.6 Å². The number of nitrogens with two attached hydrogens (primary N) is 1. The molecule has 0 fully saturated rings. The Balaban J connectivity index is 3.01. The highest BCUT2D eigenvalue weighted by atomic mass is 16.4. The summed E-state index contributed by atoms with van der Waals surface area (Å²) in [5.74, 6) is -0.761. The maximum absolute atomic E-state index is 10.8. The lowest BCUT2D eigenvalue weighted by molar-refractivity contribution is 0.0697. The fraction of sp³-hybridized carbons (Fsp3) is 0.111. The van der Waals surface area contributed by atoms with Crippen molar-refractivity contribution < 1.29 is 9.90 Å². The molecule has 0 spiro atoms. The Labute approximate surface area is 81.3 Å². The zero-order chi connectivity index (χ0) is 10.6. The number of nitrogen functional groups attached to an aromatic ring is 1. The highest BCUT2D eigenvalue weighted by Crippen LogP contribution is 2.14. The van der Waals surface area contributed by atoms with E-state index in [-0.39, 0.29) is 5.56 Å². The van der Waals surface area contributed by atoms with Crippen molar-refractivity contribution in [3.8, 4) is 0 Å². The van der Waals surface area contributed by atoms with Crippen LogP contribution < -0.4 is 11.1 Å². The number of aromatic nitrogens is 1. The summed E-state index contributed by atoms with van der Waals surface area (Å²) in [5.41, 5.74) is 5.81. The first-order valence-corrected chi connectivity index (χ1v) is 3.98. The third kappa shape index (κ3) is 2.22. The smallest absolute Gasteiger partial charge is 0.339 e. The van der Waals surface area contributed by atoms with E-state index in [9.17, 15) is 4.79 Å². The average molecular weight is 193 g/mol. The van der Waals surface area contributed by atoms with Gasteiger partial charge in [-0.05, 0) is 6.07 Å². The van der Waals surface area contributed by atoms with Crippen molar-refractivity contribution in [3.05, 3.63) is 30.5 Å². The van der Waals surface area contributed by atoms with E-state index in [4.69, 9.17) is 10.8 Å². The van der Waals surface area contributed by atoms with Gasteiger partial charge in [0, 0.05) is 6.54 Å². The van der Waals surface area contributed by atoms with Crippen LogP contribution >= 0.6 is 0 Å². The lowest BCUT2D eigenvalue weighted by Crippen LogP contribution is -2.08. The second-order valence-electron chi connectivity index (χ2n) is 2.64. The first kappa shape index (κ1) is 10.0. The fourth-order valence-electron chi connectivity index (χ4n) is 0.954. The van der Waals surface area contributed by atoms with E-state index in [1.165, 1.54) is 12.3 Å². The molecule has 0 aromatic carbocycles. The number of nitrogens with one attached hydrogen (secondary N) is 1. The van der Waals surface area contributed by atoms with Crippen LogP contribution in [0, 0.1) is 0 Å². The SMILES string of the molecule is C=CCNc1ncc(N)cc1C(=O)O. The van der Waals surface area contributed by atoms with Gasteiger partial charge in [0.1, 0.15) is 11.4 Å². The molecule has 0 saturated carbocycles. The summed E-state index contributed by atoms with van der Waals surface area (Å²) >= 11 is 0. The number of rotatable bonds is 4. The molecular formula is C9H11N3O2. The van der Waals surface area contributed by atoms with Gasteiger partial charge >= 0.3 is 5.97 Å². The number of nitrogens with zero attached hydrogens (tertiary/aromatic N) is 1. The molecule has 0 aliphatic carbocycles. The second-order valence-corrected chi connectivity index (χ2v) is 2.64. The van der Waals surface area contributed by atoms with Crippen LogP contribution in [0.15, 0.2) is 24.9 Å². The second kappa shape index (κ2) is 4.27. The summed E-state index contributed by atoms with van der Waals surface area (Å²) in [6.45, 7) is 3.96. The molecule has 0 saturated heterocycles. The van der Waals surface area contributed by atoms with Crippen molar-refractivity contribution in [2.24, 2.45) is 0 Å². The molecule has 0 atom stereocenters. The molecule has 5 heteroatoms. The highest BCUT2D eigenvalue weighted by molar-refractivity contribution is 5.94. The third-order valence-corrected chi connectivity index (χ3v) is 1.55. The van der Waals surface area contributed by atoms with Crippen molar-refractivity contribution in [3.63, 3.8) is 0 Å². The van der Waals surface area contributed by atoms with Gasteiger partial charge in [0.05, 0.1) is 11.9 Å². The van der Waals surface area contributed by atoms with Crippen LogP contribution in [-0.2, 0) is 0 Å². The molecule has 74 valence electrons. The molecule has 1 aromatic heterocycles. The zero-order valence-corrected chi connectivity index (χ0v) is 7.53. The quantitative estimate of drug-likeness (QED) is 0.620. The summed E-state index contributed by atoms with van der Waals surface area (Å²) < 4.78 is 0. The normalized spacial score (nSPS) is 9.43. The molecule has 4 N–H and O–H groups in total. The Bertz CT molecular complexity index is 363. The highest BCUT2D eigenvalue weighted by Gasteiger charge is 2.10. The number of anilines is 2. The van der Waals surface area contributed by atoms with Crippen LogP contribution in [0.2, 0.25) is 0 Å². The fourth-order valence-corrected chi connectivity index (χ4v) is 0.954. The molecule has 1 rings (SSSR count). The van der Waals surface area contributed by atoms with Crippen molar-refractivity contribution in [1.82, 2.24) is 4.98 Å². The minimum Gasteiger partial charge on any atom is -0.478 e. The van der Waals surface area contributed by atoms with Gasteiger partial charge in [0.15, 0.2) is 0 Å². The lowest BCUT2D eigenvalue weighted by atomic mass is 10.2. The van der Waals surface area contributed by atoms with Crippen LogP contribution in [-0.4, -0.2) is 22.6 Å². The van der Waals surface area contributed by atoms with Crippen molar-refractivity contribution in [2.45, 2.75) is 0 Å². The predicted molar refractivity (Wildman–Crippen MR) is 54.3 cm³/mol. The zero-order valence-electron chi connectivity index (χ0n) is 7.53. The van der Waals surface area contributed by atoms with E-state index in [1.54, 1.807) is 6.08 Å². The summed E-state index contributed by atoms with van der Waals surface area (Å²) in [6.07, 6.45) is 3.02. The number of hydrogen-bond acceptors (Lipinski definition) is 4. The van der Waals surface area contributed by atoms with Gasteiger partial charge in [-0.2, -0.15) is 0 Å². The van der Waals surface area contributed by atoms with Gasteiger partial charge in [0.2, 0.25) is 0 Å². The molecular weight excluding hydrogens is 182 g/mol. The number of carbonyl (C=O) groups is 1. The number of carboxylic acids is 1. The Hall–Kier alpha value is -2.04. The largest absolute Gasteiger partial charge is 0.478 e. The molecule has 0 amide bonds. The standard InChI is InChI=1S/C9H11N3O2/c1-2-3-11-8-7(9(13)14)4-6(10)5-12-8/h2,4-5H,1,3,10H2,(H,11,12)(H,13,14). The van der Waals surface area contributed by atoms with E-state index < -0.39 is 5.97 Å². The van der Waals surface area contributed by atoms with Gasteiger partial charge in [0.25, 0.3) is 0 Å². The third-order valence-electron chi connectivity index (χ3n) is 1.55. The monoisotopic (exact) mass is 193 g/mol. The number of pyridine rings is 1. The number of carboxylic acid groups (broad SMARTS) is 1. The Kier molecular flexibility index (Phi) is 3.06. The molecule has 5 nitrogen and oxygen atoms in total. The Morgan fingerprint density at radius 3 is 3.07 bits per heavy atom. The minimum absolute atomic E-state index is 0.0619. The maximum atomic E-state index is 10.8. The van der Waals surface area contributed by atoms with E-state index in [0.29, 0.717) is 18.1 Å². The summed E-state index contributed by atoms with van der Waals surface area (Å²) in [6, 6.07) is 1.36. The molecule has 1 aromatic rings. The van der Waals surface area contributed by atoms with E-state index in [1.807, 2.05) is 0 Å². The van der Waals surface area contributed by atoms with Crippen LogP contribution in [0.5, 0.6) is 0 Å². The van der Waals surface area contributed by atoms with E-state index in [2.05, 4.69) is 16.9 Å². The van der Waals surface area contributed by atoms with Crippen molar-refractivity contribution in [1.29, 1.82) is 0 Å². The van der Waals surface area contributed by atoms with Crippen LogP contribution in [0.3, 0.4) is 0 Å². The van der Waals surface area contributed by atoms with E-state index in [0.717, 1.165) is 0 Å². The molecule has 0 radical (unpaired) electrons. The van der Waals surface area contributed by atoms with Gasteiger partial charge in [-0.15, -0.1) is 6.58 Å². The summed E-state index contributed by atoms with van der Waals surface area (Å²) in [5, 5.41) is 11.6. The lowest BCUT2D eigenvalue weighted by Gasteiger charge is -2.06. The van der Waals surface area contributed by atoms with Crippen molar-refractivity contribution >= 4 is 17.5 Å².